The van der Waals surface area contributed by atoms with Gasteiger partial charge in [-0.1, -0.05) is 24.3 Å². The summed E-state index contributed by atoms with van der Waals surface area (Å²) in [5.74, 6) is 1.61. The fraction of sp³-hybridized carbons (Fsp3) is 0. The second-order valence-electron chi connectivity index (χ2n) is 4.23. The van der Waals surface area contributed by atoms with Crippen molar-refractivity contribution in [1.82, 2.24) is 0 Å². The Morgan fingerprint density at radius 3 is 2.55 bits per heavy atom. The number of para-hydroxylation sites is 1. The van der Waals surface area contributed by atoms with E-state index in [0.717, 1.165) is 22.7 Å². The van der Waals surface area contributed by atoms with E-state index in [1.165, 1.54) is 0 Å². The fourth-order valence-corrected chi connectivity index (χ4v) is 2.36. The van der Waals surface area contributed by atoms with Gasteiger partial charge in [-0.2, -0.15) is 11.3 Å². The van der Waals surface area contributed by atoms with Crippen molar-refractivity contribution in [2.45, 2.75) is 0 Å². The predicted molar refractivity (Wildman–Crippen MR) is 84.5 cm³/mol. The zero-order valence-corrected chi connectivity index (χ0v) is 11.6. The molecule has 0 radical (unpaired) electrons. The van der Waals surface area contributed by atoms with Gasteiger partial charge in [-0.25, -0.2) is 0 Å². The number of rotatable bonds is 4. The van der Waals surface area contributed by atoms with Crippen molar-refractivity contribution in [2.75, 3.05) is 0 Å². The summed E-state index contributed by atoms with van der Waals surface area (Å²) in [7, 11) is 0. The number of nitrogens with zero attached hydrogens (tertiary/aromatic N) is 1. The van der Waals surface area contributed by atoms with Crippen LogP contribution in [0.5, 0.6) is 11.5 Å². The lowest BCUT2D eigenvalue weighted by molar-refractivity contribution is 0.483. The minimum atomic E-state index is 0.788. The van der Waals surface area contributed by atoms with Crippen LogP contribution in [0.4, 0.5) is 5.69 Å². The van der Waals surface area contributed by atoms with Gasteiger partial charge >= 0.3 is 0 Å². The molecule has 0 spiro atoms. The summed E-state index contributed by atoms with van der Waals surface area (Å²) in [6, 6.07) is 19.5. The van der Waals surface area contributed by atoms with Crippen LogP contribution in [0, 0.1) is 0 Å². The van der Waals surface area contributed by atoms with Gasteiger partial charge in [0.1, 0.15) is 11.5 Å². The van der Waals surface area contributed by atoms with Crippen LogP contribution in [0.3, 0.4) is 0 Å². The number of hydrogen-bond donors (Lipinski definition) is 0. The summed E-state index contributed by atoms with van der Waals surface area (Å²) in [5, 5.41) is 4.10. The maximum absolute atomic E-state index is 5.78. The molecule has 20 heavy (non-hydrogen) atoms. The largest absolute Gasteiger partial charge is 0.457 e. The zero-order valence-electron chi connectivity index (χ0n) is 10.8. The molecular formula is C17H13NOS. The Balaban J connectivity index is 1.76. The van der Waals surface area contributed by atoms with Crippen molar-refractivity contribution in [3.8, 4) is 11.5 Å². The Kier molecular flexibility index (Phi) is 3.90. The maximum Gasteiger partial charge on any atom is 0.129 e. The van der Waals surface area contributed by atoms with E-state index in [1.807, 2.05) is 72.3 Å². The third-order valence-corrected chi connectivity index (χ3v) is 3.40. The van der Waals surface area contributed by atoms with E-state index < -0.39 is 0 Å². The van der Waals surface area contributed by atoms with E-state index in [0.29, 0.717) is 0 Å². The number of hydrogen-bond acceptors (Lipinski definition) is 3. The molecule has 0 aliphatic rings. The third kappa shape index (κ3) is 3.33. The van der Waals surface area contributed by atoms with E-state index in [9.17, 15) is 0 Å². The summed E-state index contributed by atoms with van der Waals surface area (Å²) in [6.07, 6.45) is 1.86. The predicted octanol–water partition coefficient (Wildman–Crippen LogP) is 5.29. The van der Waals surface area contributed by atoms with E-state index in [4.69, 9.17) is 4.74 Å². The van der Waals surface area contributed by atoms with Gasteiger partial charge in [0.05, 0.1) is 5.69 Å². The van der Waals surface area contributed by atoms with Gasteiger partial charge in [-0.15, -0.1) is 0 Å². The second-order valence-corrected chi connectivity index (χ2v) is 5.01. The smallest absolute Gasteiger partial charge is 0.129 e. The van der Waals surface area contributed by atoms with Crippen molar-refractivity contribution in [2.24, 2.45) is 4.99 Å². The van der Waals surface area contributed by atoms with Crippen LogP contribution < -0.4 is 4.74 Å². The Morgan fingerprint density at radius 1 is 0.900 bits per heavy atom. The molecule has 0 fully saturated rings. The van der Waals surface area contributed by atoms with E-state index in [2.05, 4.69) is 10.4 Å². The quantitative estimate of drug-likeness (QED) is 0.594. The minimum absolute atomic E-state index is 0.788. The monoisotopic (exact) mass is 279 g/mol. The van der Waals surface area contributed by atoms with Crippen molar-refractivity contribution in [3.05, 3.63) is 77.0 Å². The van der Waals surface area contributed by atoms with Gasteiger partial charge in [0.25, 0.3) is 0 Å². The first-order valence-corrected chi connectivity index (χ1v) is 7.24. The summed E-state index contributed by atoms with van der Waals surface area (Å²) < 4.78 is 5.78. The van der Waals surface area contributed by atoms with Crippen molar-refractivity contribution in [3.63, 3.8) is 0 Å². The van der Waals surface area contributed by atoms with Crippen molar-refractivity contribution in [1.29, 1.82) is 0 Å². The van der Waals surface area contributed by atoms with Crippen LogP contribution in [0.15, 0.2) is 76.4 Å². The van der Waals surface area contributed by atoms with Crippen LogP contribution in [0.25, 0.3) is 0 Å². The number of thiophene rings is 1. The highest BCUT2D eigenvalue weighted by atomic mass is 32.1. The number of benzene rings is 2. The lowest BCUT2D eigenvalue weighted by atomic mass is 10.3. The van der Waals surface area contributed by atoms with Crippen LogP contribution in [0.1, 0.15) is 5.56 Å². The van der Waals surface area contributed by atoms with Crippen LogP contribution in [0.2, 0.25) is 0 Å². The molecule has 3 heteroatoms. The molecule has 0 unspecified atom stereocenters. The standard InChI is InChI=1S/C17H13NOS/c1-2-6-16(7-3-1)19-17-8-4-5-15(11-17)18-12-14-9-10-20-13-14/h1-13H. The van der Waals surface area contributed by atoms with Gasteiger partial charge in [0.2, 0.25) is 0 Å². The molecule has 2 nitrogen and oxygen atoms in total. The first-order chi connectivity index (χ1) is 9.90. The topological polar surface area (TPSA) is 21.6 Å². The first-order valence-electron chi connectivity index (χ1n) is 6.29. The summed E-state index contributed by atoms with van der Waals surface area (Å²) in [5.41, 5.74) is 1.99. The number of ether oxygens (including phenoxy) is 1. The molecule has 2 aromatic carbocycles. The highest BCUT2D eigenvalue weighted by Gasteiger charge is 1.97. The summed E-state index contributed by atoms with van der Waals surface area (Å²) in [4.78, 5) is 4.45. The van der Waals surface area contributed by atoms with E-state index in [1.54, 1.807) is 11.3 Å². The van der Waals surface area contributed by atoms with Crippen LogP contribution in [-0.2, 0) is 0 Å². The Morgan fingerprint density at radius 2 is 1.75 bits per heavy atom. The summed E-state index contributed by atoms with van der Waals surface area (Å²) in [6.45, 7) is 0. The molecule has 98 valence electrons. The molecule has 0 bridgehead atoms. The molecule has 0 aliphatic carbocycles. The molecular weight excluding hydrogens is 266 g/mol. The molecule has 3 rings (SSSR count). The molecule has 0 N–H and O–H groups in total. The van der Waals surface area contributed by atoms with Crippen molar-refractivity contribution < 1.29 is 4.74 Å². The molecule has 0 saturated carbocycles. The van der Waals surface area contributed by atoms with Gasteiger partial charge in [-0.3, -0.25) is 4.99 Å². The molecule has 1 heterocycles. The van der Waals surface area contributed by atoms with E-state index in [-0.39, 0.29) is 0 Å². The lowest BCUT2D eigenvalue weighted by Crippen LogP contribution is -1.82. The van der Waals surface area contributed by atoms with Crippen molar-refractivity contribution >= 4 is 23.2 Å². The molecule has 0 aliphatic heterocycles. The van der Waals surface area contributed by atoms with Gasteiger partial charge in [0, 0.05) is 17.8 Å². The average Bonchev–Trinajstić information content (AvgIpc) is 3.00. The van der Waals surface area contributed by atoms with Gasteiger partial charge in [0.15, 0.2) is 0 Å². The maximum atomic E-state index is 5.78. The lowest BCUT2D eigenvalue weighted by Gasteiger charge is -2.05. The molecule has 0 saturated heterocycles. The average molecular weight is 279 g/mol. The second kappa shape index (κ2) is 6.17. The normalized spacial score (nSPS) is 10.8. The Labute approximate surface area is 122 Å². The molecule has 3 aromatic rings. The van der Waals surface area contributed by atoms with Crippen LogP contribution >= 0.6 is 11.3 Å². The number of aliphatic imine (C=N–C) groups is 1. The Bertz CT molecular complexity index is 690. The SMILES string of the molecule is C(=Nc1cccc(Oc2ccccc2)c1)c1ccsc1. The van der Waals surface area contributed by atoms with Gasteiger partial charge < -0.3 is 4.74 Å². The first kappa shape index (κ1) is 12.6. The van der Waals surface area contributed by atoms with E-state index >= 15 is 0 Å². The summed E-state index contributed by atoms with van der Waals surface area (Å²) >= 11 is 1.66. The molecule has 1 aromatic heterocycles. The zero-order chi connectivity index (χ0) is 13.6. The molecule has 0 amide bonds. The third-order valence-electron chi connectivity index (χ3n) is 2.70. The fourth-order valence-electron chi connectivity index (χ4n) is 1.75. The highest BCUT2D eigenvalue weighted by Crippen LogP contribution is 2.25. The van der Waals surface area contributed by atoms with Crippen LogP contribution in [-0.4, -0.2) is 6.21 Å². The van der Waals surface area contributed by atoms with Gasteiger partial charge in [-0.05, 0) is 41.1 Å². The molecule has 0 atom stereocenters. The minimum Gasteiger partial charge on any atom is -0.457 e. The Hall–Kier alpha value is -2.39. The highest BCUT2D eigenvalue weighted by molar-refractivity contribution is 7.08.